The van der Waals surface area contributed by atoms with Crippen LogP contribution in [0.5, 0.6) is 5.75 Å². The summed E-state index contributed by atoms with van der Waals surface area (Å²) in [5.74, 6) is 0.0928. The fourth-order valence-corrected chi connectivity index (χ4v) is 4.93. The molecule has 10 heteroatoms. The SMILES string of the molecule is CCCOc1ccc(C2C(C(=O)OC)=C(C)N=c3s/c(=C\c4ccccc4[N+](=O)[O-])c(=O)n32)cc1. The smallest absolute Gasteiger partial charge is 0.338 e. The number of rotatable bonds is 7. The zero-order valence-corrected chi connectivity index (χ0v) is 20.2. The second-order valence-corrected chi connectivity index (χ2v) is 8.82. The van der Waals surface area contributed by atoms with Crippen molar-refractivity contribution in [3.05, 3.63) is 101 Å². The summed E-state index contributed by atoms with van der Waals surface area (Å²) in [5.41, 5.74) is 1.16. The van der Waals surface area contributed by atoms with Crippen LogP contribution in [0.3, 0.4) is 0 Å². The monoisotopic (exact) mass is 493 g/mol. The van der Waals surface area contributed by atoms with Gasteiger partial charge in [-0.1, -0.05) is 42.5 Å². The Labute approximate surface area is 204 Å². The quantitative estimate of drug-likeness (QED) is 0.284. The van der Waals surface area contributed by atoms with Crippen molar-refractivity contribution in [2.75, 3.05) is 13.7 Å². The van der Waals surface area contributed by atoms with E-state index in [0.717, 1.165) is 17.8 Å². The molecule has 1 unspecified atom stereocenters. The van der Waals surface area contributed by atoms with E-state index in [9.17, 15) is 19.7 Å². The Bertz CT molecular complexity index is 1500. The van der Waals surface area contributed by atoms with Gasteiger partial charge in [-0.2, -0.15) is 0 Å². The predicted molar refractivity (Wildman–Crippen MR) is 131 cm³/mol. The lowest BCUT2D eigenvalue weighted by Gasteiger charge is -2.24. The first kappa shape index (κ1) is 24.1. The van der Waals surface area contributed by atoms with Crippen LogP contribution in [0.1, 0.15) is 37.4 Å². The lowest BCUT2D eigenvalue weighted by molar-refractivity contribution is -0.385. The number of ether oxygens (including phenoxy) is 2. The molecule has 9 nitrogen and oxygen atoms in total. The summed E-state index contributed by atoms with van der Waals surface area (Å²) in [6.07, 6.45) is 2.35. The van der Waals surface area contributed by atoms with Crippen molar-refractivity contribution in [2.24, 2.45) is 4.99 Å². The third kappa shape index (κ3) is 4.65. The molecule has 0 saturated heterocycles. The van der Waals surface area contributed by atoms with Gasteiger partial charge in [0, 0.05) is 6.07 Å². The van der Waals surface area contributed by atoms with Gasteiger partial charge in [0.15, 0.2) is 4.80 Å². The zero-order valence-electron chi connectivity index (χ0n) is 19.4. The fourth-order valence-electron chi connectivity index (χ4n) is 3.89. The second kappa shape index (κ2) is 10.1. The minimum atomic E-state index is -0.771. The number of aromatic nitrogens is 1. The Morgan fingerprint density at radius 2 is 1.94 bits per heavy atom. The van der Waals surface area contributed by atoms with E-state index in [1.165, 1.54) is 23.8 Å². The van der Waals surface area contributed by atoms with Crippen LogP contribution in [-0.4, -0.2) is 29.2 Å². The number of methoxy groups -OCH3 is 1. The first-order valence-corrected chi connectivity index (χ1v) is 11.7. The van der Waals surface area contributed by atoms with Crippen LogP contribution < -0.4 is 19.6 Å². The molecule has 0 saturated carbocycles. The molecule has 3 aromatic rings. The molecular weight excluding hydrogens is 470 g/mol. The van der Waals surface area contributed by atoms with E-state index in [-0.39, 0.29) is 15.8 Å². The number of thiazole rings is 1. The Kier molecular flexibility index (Phi) is 6.92. The normalized spacial score (nSPS) is 15.4. The topological polar surface area (TPSA) is 113 Å². The number of para-hydroxylation sites is 1. The lowest BCUT2D eigenvalue weighted by atomic mass is 9.96. The highest BCUT2D eigenvalue weighted by atomic mass is 32.1. The summed E-state index contributed by atoms with van der Waals surface area (Å²) in [6, 6.07) is 12.6. The molecule has 0 N–H and O–H groups in total. The van der Waals surface area contributed by atoms with Crippen LogP contribution >= 0.6 is 11.3 Å². The second-order valence-electron chi connectivity index (χ2n) is 7.81. The third-order valence-corrected chi connectivity index (χ3v) is 6.50. The molecule has 0 aliphatic carbocycles. The lowest BCUT2D eigenvalue weighted by Crippen LogP contribution is -2.39. The Hall–Kier alpha value is -4.05. The highest BCUT2D eigenvalue weighted by molar-refractivity contribution is 7.07. The van der Waals surface area contributed by atoms with Crippen molar-refractivity contribution in [1.29, 1.82) is 0 Å². The number of nitro groups is 1. The van der Waals surface area contributed by atoms with Crippen molar-refractivity contribution in [3.8, 4) is 5.75 Å². The Morgan fingerprint density at radius 1 is 1.23 bits per heavy atom. The molecule has 2 heterocycles. The van der Waals surface area contributed by atoms with E-state index in [2.05, 4.69) is 4.99 Å². The van der Waals surface area contributed by atoms with Gasteiger partial charge in [0.2, 0.25) is 0 Å². The molecule has 1 atom stereocenters. The number of esters is 1. The molecule has 0 fully saturated rings. The van der Waals surface area contributed by atoms with Crippen LogP contribution in [0.4, 0.5) is 5.69 Å². The molecule has 1 aliphatic rings. The molecule has 0 amide bonds. The minimum Gasteiger partial charge on any atom is -0.494 e. The fraction of sp³-hybridized carbons (Fsp3) is 0.240. The van der Waals surface area contributed by atoms with Gasteiger partial charge >= 0.3 is 5.97 Å². The van der Waals surface area contributed by atoms with Crippen LogP contribution in [0, 0.1) is 10.1 Å². The van der Waals surface area contributed by atoms with Crippen LogP contribution in [-0.2, 0) is 9.53 Å². The van der Waals surface area contributed by atoms with E-state index in [0.29, 0.717) is 34.0 Å². The van der Waals surface area contributed by atoms with Crippen molar-refractivity contribution < 1.29 is 19.2 Å². The standard InChI is InChI=1S/C25H23N3O6S/c1-4-13-34-18-11-9-16(10-12-18)22-21(24(30)33-3)15(2)26-25-27(22)23(29)20(35-25)14-17-7-5-6-8-19(17)28(31)32/h5-12,14,22H,4,13H2,1-3H3/b20-14-. The summed E-state index contributed by atoms with van der Waals surface area (Å²) in [7, 11) is 1.28. The maximum Gasteiger partial charge on any atom is 0.338 e. The summed E-state index contributed by atoms with van der Waals surface area (Å²) in [6.45, 7) is 4.28. The maximum absolute atomic E-state index is 13.6. The van der Waals surface area contributed by atoms with Crippen molar-refractivity contribution in [3.63, 3.8) is 0 Å². The van der Waals surface area contributed by atoms with Crippen molar-refractivity contribution in [1.82, 2.24) is 4.57 Å². The van der Waals surface area contributed by atoms with E-state index in [1.54, 1.807) is 49.4 Å². The number of benzene rings is 2. The number of carbonyl (C=O) groups excluding carboxylic acids is 1. The average molecular weight is 494 g/mol. The third-order valence-electron chi connectivity index (χ3n) is 5.52. The van der Waals surface area contributed by atoms with Crippen molar-refractivity contribution in [2.45, 2.75) is 26.3 Å². The van der Waals surface area contributed by atoms with Crippen LogP contribution in [0.15, 0.2) is 69.6 Å². The number of nitro benzene ring substituents is 1. The van der Waals surface area contributed by atoms with Gasteiger partial charge in [0.05, 0.1) is 46.0 Å². The number of hydrogen-bond acceptors (Lipinski definition) is 8. The molecule has 1 aromatic heterocycles. The minimum absolute atomic E-state index is 0.107. The summed E-state index contributed by atoms with van der Waals surface area (Å²) in [5, 5.41) is 11.4. The van der Waals surface area contributed by atoms with Gasteiger partial charge in [-0.05, 0) is 43.2 Å². The Morgan fingerprint density at radius 3 is 2.60 bits per heavy atom. The number of carbonyl (C=O) groups is 1. The first-order chi connectivity index (χ1) is 16.8. The highest BCUT2D eigenvalue weighted by Gasteiger charge is 2.33. The molecule has 1 aliphatic heterocycles. The average Bonchev–Trinajstić information content (AvgIpc) is 3.16. The van der Waals surface area contributed by atoms with Gasteiger partial charge in [-0.25, -0.2) is 9.79 Å². The zero-order chi connectivity index (χ0) is 25.1. The first-order valence-electron chi connectivity index (χ1n) is 10.9. The highest BCUT2D eigenvalue weighted by Crippen LogP contribution is 2.31. The molecule has 35 heavy (non-hydrogen) atoms. The van der Waals surface area contributed by atoms with Gasteiger partial charge in [-0.3, -0.25) is 19.5 Å². The molecule has 4 rings (SSSR count). The van der Waals surface area contributed by atoms with E-state index < -0.39 is 22.5 Å². The maximum atomic E-state index is 13.6. The summed E-state index contributed by atoms with van der Waals surface area (Å²) in [4.78, 5) is 42.1. The van der Waals surface area contributed by atoms with Crippen LogP contribution in [0.2, 0.25) is 0 Å². The number of fused-ring (bicyclic) bond motifs is 1. The summed E-state index contributed by atoms with van der Waals surface area (Å²) >= 11 is 1.11. The van der Waals surface area contributed by atoms with Gasteiger partial charge in [-0.15, -0.1) is 0 Å². The molecule has 0 spiro atoms. The largest absolute Gasteiger partial charge is 0.494 e. The van der Waals surface area contributed by atoms with Gasteiger partial charge in [0.25, 0.3) is 11.2 Å². The molecule has 180 valence electrons. The number of allylic oxidation sites excluding steroid dienone is 1. The van der Waals surface area contributed by atoms with Crippen LogP contribution in [0.25, 0.3) is 6.08 Å². The van der Waals surface area contributed by atoms with E-state index in [4.69, 9.17) is 9.47 Å². The van der Waals surface area contributed by atoms with E-state index >= 15 is 0 Å². The molecule has 2 aromatic carbocycles. The van der Waals surface area contributed by atoms with Gasteiger partial charge in [0.1, 0.15) is 5.75 Å². The molecule has 0 bridgehead atoms. The van der Waals surface area contributed by atoms with Crippen molar-refractivity contribution >= 4 is 29.1 Å². The molecule has 0 radical (unpaired) electrons. The van der Waals surface area contributed by atoms with E-state index in [1.807, 2.05) is 6.92 Å². The molecular formula is C25H23N3O6S. The number of hydrogen-bond donors (Lipinski definition) is 0. The predicted octanol–water partition coefficient (Wildman–Crippen LogP) is 3.11. The van der Waals surface area contributed by atoms with Gasteiger partial charge < -0.3 is 9.47 Å². The number of nitrogens with zero attached hydrogens (tertiary/aromatic N) is 3. The summed E-state index contributed by atoms with van der Waals surface area (Å²) < 4.78 is 12.4. The Balaban J connectivity index is 1.91.